The Bertz CT molecular complexity index is 956. The minimum Gasteiger partial charge on any atom is -0.339 e. The van der Waals surface area contributed by atoms with Crippen LogP contribution >= 0.6 is 22.7 Å². The molecule has 0 N–H and O–H groups in total. The van der Waals surface area contributed by atoms with Crippen molar-refractivity contribution >= 4 is 34.5 Å². The lowest BCUT2D eigenvalue weighted by atomic mass is 10.2. The summed E-state index contributed by atoms with van der Waals surface area (Å²) in [5.74, 6) is 1.14. The molecule has 3 aromatic rings. The number of thiophene rings is 2. The van der Waals surface area contributed by atoms with Crippen molar-refractivity contribution in [2.45, 2.75) is 19.8 Å². The van der Waals surface area contributed by atoms with Gasteiger partial charge in [-0.15, -0.1) is 22.7 Å². The van der Waals surface area contributed by atoms with Gasteiger partial charge in [0.2, 0.25) is 17.6 Å². The molecule has 1 aliphatic rings. The van der Waals surface area contributed by atoms with Gasteiger partial charge in [-0.25, -0.2) is 0 Å². The van der Waals surface area contributed by atoms with Gasteiger partial charge in [0.05, 0.1) is 9.75 Å². The number of carbonyl (C=O) groups is 2. The van der Waals surface area contributed by atoms with Gasteiger partial charge in [-0.3, -0.25) is 9.59 Å². The van der Waals surface area contributed by atoms with Gasteiger partial charge in [0.25, 0.3) is 5.91 Å². The van der Waals surface area contributed by atoms with Gasteiger partial charge in [-0.05, 0) is 30.5 Å². The molecule has 0 aliphatic carbocycles. The summed E-state index contributed by atoms with van der Waals surface area (Å²) >= 11 is 3.06. The molecule has 3 aromatic heterocycles. The van der Waals surface area contributed by atoms with Crippen LogP contribution in [-0.2, 0) is 11.2 Å². The highest BCUT2D eigenvalue weighted by atomic mass is 32.1. The first-order chi connectivity index (χ1) is 13.6. The number of nitrogens with zero attached hydrogens (tertiary/aromatic N) is 4. The van der Waals surface area contributed by atoms with Gasteiger partial charge in [-0.1, -0.05) is 11.2 Å². The smallest absolute Gasteiger partial charge is 0.264 e. The fourth-order valence-electron chi connectivity index (χ4n) is 3.10. The lowest BCUT2D eigenvalue weighted by Gasteiger charge is -2.34. The average molecular weight is 417 g/mol. The Kier molecular flexibility index (Phi) is 5.54. The largest absolute Gasteiger partial charge is 0.339 e. The molecule has 4 rings (SSSR count). The second-order valence-corrected chi connectivity index (χ2v) is 8.81. The van der Waals surface area contributed by atoms with E-state index in [0.29, 0.717) is 50.7 Å². The first kappa shape index (κ1) is 18.8. The summed E-state index contributed by atoms with van der Waals surface area (Å²) in [7, 11) is 0. The van der Waals surface area contributed by atoms with Crippen molar-refractivity contribution in [1.82, 2.24) is 19.9 Å². The Labute approximate surface area is 170 Å². The van der Waals surface area contributed by atoms with E-state index in [1.54, 1.807) is 16.2 Å². The summed E-state index contributed by atoms with van der Waals surface area (Å²) < 4.78 is 5.25. The van der Waals surface area contributed by atoms with Crippen LogP contribution in [0.5, 0.6) is 0 Å². The average Bonchev–Trinajstić information content (AvgIpc) is 3.46. The third-order valence-electron chi connectivity index (χ3n) is 4.63. The molecule has 4 heterocycles. The predicted molar refractivity (Wildman–Crippen MR) is 107 cm³/mol. The van der Waals surface area contributed by atoms with Crippen molar-refractivity contribution in [3.8, 4) is 10.7 Å². The Morgan fingerprint density at radius 2 is 1.93 bits per heavy atom. The molecule has 1 fully saturated rings. The molecule has 146 valence electrons. The van der Waals surface area contributed by atoms with Crippen LogP contribution in [0.3, 0.4) is 0 Å². The number of hydrogen-bond acceptors (Lipinski definition) is 7. The van der Waals surface area contributed by atoms with E-state index >= 15 is 0 Å². The lowest BCUT2D eigenvalue weighted by molar-refractivity contribution is -0.132. The molecule has 0 unspecified atom stereocenters. The van der Waals surface area contributed by atoms with E-state index in [-0.39, 0.29) is 11.8 Å². The highest BCUT2D eigenvalue weighted by molar-refractivity contribution is 7.14. The predicted octanol–water partition coefficient (Wildman–Crippen LogP) is 3.09. The van der Waals surface area contributed by atoms with E-state index in [4.69, 9.17) is 4.52 Å². The quantitative estimate of drug-likeness (QED) is 0.639. The van der Waals surface area contributed by atoms with E-state index in [1.165, 1.54) is 11.3 Å². The van der Waals surface area contributed by atoms with Crippen LogP contribution in [0.25, 0.3) is 10.7 Å². The normalized spacial score (nSPS) is 14.5. The van der Waals surface area contributed by atoms with Gasteiger partial charge in [0.1, 0.15) is 0 Å². The number of amides is 2. The SMILES string of the molecule is Cc1ccc(C(=O)N2CCN(C(=O)CCc3nc(-c4cccs4)no3)CC2)s1. The number of aromatic nitrogens is 2. The highest BCUT2D eigenvalue weighted by Gasteiger charge is 2.25. The van der Waals surface area contributed by atoms with E-state index in [0.717, 1.165) is 14.6 Å². The van der Waals surface area contributed by atoms with Crippen molar-refractivity contribution in [2.24, 2.45) is 0 Å². The van der Waals surface area contributed by atoms with Gasteiger partial charge >= 0.3 is 0 Å². The third-order valence-corrected chi connectivity index (χ3v) is 6.49. The molecule has 2 amide bonds. The number of carbonyl (C=O) groups excluding carboxylic acids is 2. The van der Waals surface area contributed by atoms with Crippen LogP contribution < -0.4 is 0 Å². The van der Waals surface area contributed by atoms with Crippen LogP contribution in [0.15, 0.2) is 34.2 Å². The summed E-state index contributed by atoms with van der Waals surface area (Å²) in [5.41, 5.74) is 0. The van der Waals surface area contributed by atoms with E-state index < -0.39 is 0 Å². The van der Waals surface area contributed by atoms with E-state index in [1.807, 2.05) is 41.5 Å². The maximum Gasteiger partial charge on any atom is 0.264 e. The number of piperazine rings is 1. The Morgan fingerprint density at radius 1 is 1.14 bits per heavy atom. The molecule has 0 bridgehead atoms. The van der Waals surface area contributed by atoms with Gasteiger partial charge in [-0.2, -0.15) is 4.98 Å². The molecule has 9 heteroatoms. The summed E-state index contributed by atoms with van der Waals surface area (Å²) in [5, 5.41) is 5.92. The molecular formula is C19H20N4O3S2. The van der Waals surface area contributed by atoms with Crippen molar-refractivity contribution in [3.05, 3.63) is 45.3 Å². The zero-order chi connectivity index (χ0) is 19.5. The second kappa shape index (κ2) is 8.24. The first-order valence-electron chi connectivity index (χ1n) is 9.10. The lowest BCUT2D eigenvalue weighted by Crippen LogP contribution is -2.50. The molecule has 28 heavy (non-hydrogen) atoms. The molecule has 0 atom stereocenters. The van der Waals surface area contributed by atoms with Crippen LogP contribution in [0.1, 0.15) is 26.9 Å². The Balaban J connectivity index is 1.26. The Morgan fingerprint density at radius 3 is 2.61 bits per heavy atom. The highest BCUT2D eigenvalue weighted by Crippen LogP contribution is 2.22. The maximum atomic E-state index is 12.5. The van der Waals surface area contributed by atoms with E-state index in [2.05, 4.69) is 10.1 Å². The maximum absolute atomic E-state index is 12.5. The molecular weight excluding hydrogens is 396 g/mol. The van der Waals surface area contributed by atoms with Crippen molar-refractivity contribution < 1.29 is 14.1 Å². The van der Waals surface area contributed by atoms with Crippen molar-refractivity contribution in [3.63, 3.8) is 0 Å². The van der Waals surface area contributed by atoms with Crippen LogP contribution in [0.2, 0.25) is 0 Å². The second-order valence-electron chi connectivity index (χ2n) is 6.57. The molecule has 7 nitrogen and oxygen atoms in total. The molecule has 0 spiro atoms. The van der Waals surface area contributed by atoms with Gasteiger partial charge in [0, 0.05) is 43.9 Å². The minimum atomic E-state index is 0.0509. The van der Waals surface area contributed by atoms with Crippen LogP contribution in [-0.4, -0.2) is 57.9 Å². The van der Waals surface area contributed by atoms with Crippen molar-refractivity contribution in [2.75, 3.05) is 26.2 Å². The number of aryl methyl sites for hydroxylation is 2. The molecule has 0 radical (unpaired) electrons. The zero-order valence-electron chi connectivity index (χ0n) is 15.5. The fraction of sp³-hybridized carbons (Fsp3) is 0.368. The molecule has 0 saturated carbocycles. The topological polar surface area (TPSA) is 79.5 Å². The van der Waals surface area contributed by atoms with Crippen LogP contribution in [0, 0.1) is 6.92 Å². The first-order valence-corrected chi connectivity index (χ1v) is 10.8. The fourth-order valence-corrected chi connectivity index (χ4v) is 4.58. The number of rotatable bonds is 5. The summed E-state index contributed by atoms with van der Waals surface area (Å²) in [4.78, 5) is 35.8. The molecule has 1 aliphatic heterocycles. The minimum absolute atomic E-state index is 0.0509. The van der Waals surface area contributed by atoms with Gasteiger partial charge in [0.15, 0.2) is 0 Å². The summed E-state index contributed by atoms with van der Waals surface area (Å²) in [6.45, 7) is 4.22. The summed E-state index contributed by atoms with van der Waals surface area (Å²) in [6, 6.07) is 7.69. The Hall–Kier alpha value is -2.52. The molecule has 1 saturated heterocycles. The third kappa shape index (κ3) is 4.15. The monoisotopic (exact) mass is 416 g/mol. The number of hydrogen-bond donors (Lipinski definition) is 0. The molecule has 0 aromatic carbocycles. The standard InChI is InChI=1S/C19H20N4O3S2/c1-13-4-5-15(28-13)19(25)23-10-8-22(9-11-23)17(24)7-6-16-20-18(21-26-16)14-3-2-12-27-14/h2-5,12H,6-11H2,1H3. The summed E-state index contributed by atoms with van der Waals surface area (Å²) in [6.07, 6.45) is 0.745. The van der Waals surface area contributed by atoms with Crippen molar-refractivity contribution in [1.29, 1.82) is 0 Å². The van der Waals surface area contributed by atoms with E-state index in [9.17, 15) is 9.59 Å². The zero-order valence-corrected chi connectivity index (χ0v) is 17.1. The van der Waals surface area contributed by atoms with Gasteiger partial charge < -0.3 is 14.3 Å². The van der Waals surface area contributed by atoms with Crippen LogP contribution in [0.4, 0.5) is 0 Å².